The van der Waals surface area contributed by atoms with Gasteiger partial charge in [-0.25, -0.2) is 0 Å². The second-order valence-corrected chi connectivity index (χ2v) is 6.61. The van der Waals surface area contributed by atoms with E-state index in [1.807, 2.05) is 4.52 Å². The SMILES string of the molecule is CC(C)c1nnc2sc(C3(C)CCCNC3)nn12. The molecular weight excluding hydrogens is 246 g/mol. The highest BCUT2D eigenvalue weighted by atomic mass is 32.1. The Balaban J connectivity index is 2.02. The van der Waals surface area contributed by atoms with Crippen LogP contribution in [-0.2, 0) is 5.41 Å². The van der Waals surface area contributed by atoms with Gasteiger partial charge < -0.3 is 5.32 Å². The molecule has 0 spiro atoms. The van der Waals surface area contributed by atoms with Gasteiger partial charge in [0, 0.05) is 17.9 Å². The van der Waals surface area contributed by atoms with Crippen molar-refractivity contribution in [2.24, 2.45) is 0 Å². The summed E-state index contributed by atoms with van der Waals surface area (Å²) in [5, 5.41) is 17.9. The number of hydrogen-bond acceptors (Lipinski definition) is 5. The molecule has 2 aromatic rings. The first-order chi connectivity index (χ1) is 8.60. The Bertz CT molecular complexity index is 550. The molecule has 0 bridgehead atoms. The standard InChI is InChI=1S/C12H19N5S/c1-8(2)9-14-15-11-17(9)16-10(18-11)12(3)5-4-6-13-7-12/h8,13H,4-7H2,1-3H3. The Kier molecular flexibility index (Phi) is 2.86. The van der Waals surface area contributed by atoms with E-state index in [1.165, 1.54) is 17.8 Å². The molecule has 1 N–H and O–H groups in total. The summed E-state index contributed by atoms with van der Waals surface area (Å²) in [6.07, 6.45) is 2.41. The molecule has 1 unspecified atom stereocenters. The van der Waals surface area contributed by atoms with E-state index in [4.69, 9.17) is 5.10 Å². The maximum absolute atomic E-state index is 4.76. The molecule has 98 valence electrons. The second-order valence-electron chi connectivity index (χ2n) is 5.66. The average Bonchev–Trinajstić information content (AvgIpc) is 2.88. The summed E-state index contributed by atoms with van der Waals surface area (Å²) in [5.74, 6) is 1.31. The van der Waals surface area contributed by atoms with Crippen LogP contribution in [0.5, 0.6) is 0 Å². The Morgan fingerprint density at radius 3 is 2.89 bits per heavy atom. The predicted octanol–water partition coefficient (Wildman–Crippen LogP) is 1.95. The van der Waals surface area contributed by atoms with Crippen LogP contribution in [0.2, 0.25) is 0 Å². The number of hydrogen-bond donors (Lipinski definition) is 1. The summed E-state index contributed by atoms with van der Waals surface area (Å²) in [6, 6.07) is 0. The van der Waals surface area contributed by atoms with Crippen LogP contribution >= 0.6 is 11.3 Å². The molecular formula is C12H19N5S. The molecule has 0 radical (unpaired) electrons. The number of piperidine rings is 1. The number of aromatic nitrogens is 4. The fraction of sp³-hybridized carbons (Fsp3) is 0.750. The average molecular weight is 265 g/mol. The Hall–Kier alpha value is -1.01. The Morgan fingerprint density at radius 1 is 1.39 bits per heavy atom. The van der Waals surface area contributed by atoms with Crippen LogP contribution in [0, 0.1) is 0 Å². The van der Waals surface area contributed by atoms with Gasteiger partial charge in [0.05, 0.1) is 0 Å². The first kappa shape index (κ1) is 12.0. The van der Waals surface area contributed by atoms with Gasteiger partial charge in [-0.15, -0.1) is 10.2 Å². The minimum atomic E-state index is 0.151. The van der Waals surface area contributed by atoms with Gasteiger partial charge in [0.25, 0.3) is 0 Å². The van der Waals surface area contributed by atoms with Gasteiger partial charge in [0.2, 0.25) is 4.96 Å². The quantitative estimate of drug-likeness (QED) is 0.901. The summed E-state index contributed by atoms with van der Waals surface area (Å²) in [6.45, 7) is 8.67. The molecule has 6 heteroatoms. The van der Waals surface area contributed by atoms with Crippen LogP contribution in [0.3, 0.4) is 0 Å². The van der Waals surface area contributed by atoms with Crippen molar-refractivity contribution in [2.75, 3.05) is 13.1 Å². The summed E-state index contributed by atoms with van der Waals surface area (Å²) in [4.78, 5) is 0.917. The molecule has 5 nitrogen and oxygen atoms in total. The molecule has 0 aromatic carbocycles. The van der Waals surface area contributed by atoms with Crippen LogP contribution in [0.25, 0.3) is 4.96 Å². The number of nitrogens with one attached hydrogen (secondary N) is 1. The third kappa shape index (κ3) is 1.83. The molecule has 0 aliphatic carbocycles. The van der Waals surface area contributed by atoms with E-state index >= 15 is 0 Å². The summed E-state index contributed by atoms with van der Waals surface area (Å²) in [5.41, 5.74) is 0.151. The van der Waals surface area contributed by atoms with Crippen molar-refractivity contribution < 1.29 is 0 Å². The molecule has 1 aliphatic heterocycles. The Morgan fingerprint density at radius 2 is 2.22 bits per heavy atom. The maximum atomic E-state index is 4.76. The van der Waals surface area contributed by atoms with Gasteiger partial charge in [0.1, 0.15) is 5.01 Å². The number of fused-ring (bicyclic) bond motifs is 1. The second kappa shape index (κ2) is 4.28. The van der Waals surface area contributed by atoms with Crippen molar-refractivity contribution in [2.45, 2.75) is 44.9 Å². The maximum Gasteiger partial charge on any atom is 0.234 e. The van der Waals surface area contributed by atoms with Crippen molar-refractivity contribution in [3.63, 3.8) is 0 Å². The van der Waals surface area contributed by atoms with Gasteiger partial charge in [0.15, 0.2) is 5.82 Å². The van der Waals surface area contributed by atoms with E-state index in [0.717, 1.165) is 23.9 Å². The number of rotatable bonds is 2. The van der Waals surface area contributed by atoms with E-state index in [2.05, 4.69) is 36.3 Å². The first-order valence-corrected chi connectivity index (χ1v) is 7.35. The molecule has 0 saturated carbocycles. The van der Waals surface area contributed by atoms with Crippen molar-refractivity contribution in [1.82, 2.24) is 25.1 Å². The third-order valence-corrected chi connectivity index (χ3v) is 4.85. The number of nitrogens with zero attached hydrogens (tertiary/aromatic N) is 4. The molecule has 2 aromatic heterocycles. The van der Waals surface area contributed by atoms with Crippen molar-refractivity contribution in [3.05, 3.63) is 10.8 Å². The van der Waals surface area contributed by atoms with Crippen molar-refractivity contribution in [1.29, 1.82) is 0 Å². The minimum Gasteiger partial charge on any atom is -0.316 e. The molecule has 1 aliphatic rings. The lowest BCUT2D eigenvalue weighted by atomic mass is 9.83. The highest BCUT2D eigenvalue weighted by Crippen LogP contribution is 2.33. The smallest absolute Gasteiger partial charge is 0.234 e. The third-order valence-electron chi connectivity index (χ3n) is 3.64. The summed E-state index contributed by atoms with van der Waals surface area (Å²) < 4.78 is 1.92. The lowest BCUT2D eigenvalue weighted by Gasteiger charge is -2.31. The van der Waals surface area contributed by atoms with E-state index < -0.39 is 0 Å². The van der Waals surface area contributed by atoms with Crippen molar-refractivity contribution in [3.8, 4) is 0 Å². The molecule has 3 rings (SSSR count). The predicted molar refractivity (Wildman–Crippen MR) is 72.2 cm³/mol. The van der Waals surface area contributed by atoms with Crippen LogP contribution in [-0.4, -0.2) is 32.9 Å². The van der Waals surface area contributed by atoms with Crippen LogP contribution in [0.15, 0.2) is 0 Å². The summed E-state index contributed by atoms with van der Waals surface area (Å²) >= 11 is 1.68. The van der Waals surface area contributed by atoms with Gasteiger partial charge in [-0.05, 0) is 19.4 Å². The van der Waals surface area contributed by atoms with E-state index in [0.29, 0.717) is 5.92 Å². The topological polar surface area (TPSA) is 55.1 Å². The van der Waals surface area contributed by atoms with Gasteiger partial charge in [-0.1, -0.05) is 32.1 Å². The van der Waals surface area contributed by atoms with Gasteiger partial charge in [-0.2, -0.15) is 9.61 Å². The fourth-order valence-electron chi connectivity index (χ4n) is 2.47. The highest BCUT2D eigenvalue weighted by molar-refractivity contribution is 7.16. The first-order valence-electron chi connectivity index (χ1n) is 6.53. The van der Waals surface area contributed by atoms with Crippen molar-refractivity contribution >= 4 is 16.3 Å². The van der Waals surface area contributed by atoms with E-state index in [1.54, 1.807) is 11.3 Å². The molecule has 18 heavy (non-hydrogen) atoms. The molecule has 1 fully saturated rings. The minimum absolute atomic E-state index is 0.151. The lowest BCUT2D eigenvalue weighted by Crippen LogP contribution is -2.41. The normalized spacial score (nSPS) is 25.1. The fourth-order valence-corrected chi connectivity index (χ4v) is 3.49. The zero-order chi connectivity index (χ0) is 12.8. The van der Waals surface area contributed by atoms with Gasteiger partial charge in [-0.3, -0.25) is 0 Å². The zero-order valence-electron chi connectivity index (χ0n) is 11.1. The summed E-state index contributed by atoms with van der Waals surface area (Å²) in [7, 11) is 0. The molecule has 1 atom stereocenters. The van der Waals surface area contributed by atoms with E-state index in [9.17, 15) is 0 Å². The lowest BCUT2D eigenvalue weighted by molar-refractivity contribution is 0.335. The van der Waals surface area contributed by atoms with E-state index in [-0.39, 0.29) is 5.41 Å². The molecule has 3 heterocycles. The van der Waals surface area contributed by atoms with Gasteiger partial charge >= 0.3 is 0 Å². The van der Waals surface area contributed by atoms with Crippen LogP contribution < -0.4 is 5.32 Å². The highest BCUT2D eigenvalue weighted by Gasteiger charge is 2.33. The van der Waals surface area contributed by atoms with Crippen LogP contribution in [0.1, 0.15) is 50.4 Å². The zero-order valence-corrected chi connectivity index (χ0v) is 11.9. The Labute approximate surface area is 111 Å². The monoisotopic (exact) mass is 265 g/mol. The molecule has 1 saturated heterocycles. The molecule has 0 amide bonds. The van der Waals surface area contributed by atoms with Crippen LogP contribution in [0.4, 0.5) is 0 Å². The largest absolute Gasteiger partial charge is 0.316 e.